The minimum atomic E-state index is -0.241. The van der Waals surface area contributed by atoms with E-state index in [1.165, 1.54) is 0 Å². The van der Waals surface area contributed by atoms with Crippen LogP contribution < -0.4 is 10.6 Å². The third-order valence-corrected chi connectivity index (χ3v) is 3.60. The van der Waals surface area contributed by atoms with Crippen LogP contribution in [0, 0.1) is 0 Å². The molecule has 2 N–H and O–H groups in total. The molecule has 0 fully saturated rings. The van der Waals surface area contributed by atoms with Gasteiger partial charge in [0, 0.05) is 11.4 Å². The summed E-state index contributed by atoms with van der Waals surface area (Å²) in [5, 5.41) is 5.97. The second-order valence-corrected chi connectivity index (χ2v) is 6.06. The van der Waals surface area contributed by atoms with E-state index in [0.717, 1.165) is 33.7 Å². The number of amides is 2. The summed E-state index contributed by atoms with van der Waals surface area (Å²) >= 11 is 0. The Bertz CT molecular complexity index is 685. The lowest BCUT2D eigenvalue weighted by atomic mass is 10.1. The van der Waals surface area contributed by atoms with Crippen molar-refractivity contribution in [3.8, 4) is 0 Å². The second-order valence-electron chi connectivity index (χ2n) is 6.06. The Morgan fingerprint density at radius 3 is 1.25 bits per heavy atom. The van der Waals surface area contributed by atoms with Crippen molar-refractivity contribution in [2.45, 2.75) is 27.7 Å². The van der Waals surface area contributed by atoms with Crippen LogP contribution in [0.1, 0.15) is 38.8 Å². The fraction of sp³-hybridized carbons (Fsp3) is 0.190. The van der Waals surface area contributed by atoms with Gasteiger partial charge in [-0.05, 0) is 38.8 Å². The number of benzene rings is 2. The number of carbonyl (C=O) groups is 1. The largest absolute Gasteiger partial charge is 0.323 e. The maximum absolute atomic E-state index is 12.5. The molecule has 0 aromatic heterocycles. The Morgan fingerprint density at radius 1 is 0.625 bits per heavy atom. The van der Waals surface area contributed by atoms with Crippen LogP contribution in [-0.2, 0) is 0 Å². The number of hydrogen-bond donors (Lipinski definition) is 2. The van der Waals surface area contributed by atoms with Gasteiger partial charge in [0.25, 0.3) is 0 Å². The first kappa shape index (κ1) is 17.5. The fourth-order valence-corrected chi connectivity index (χ4v) is 2.44. The lowest BCUT2D eigenvalue weighted by Gasteiger charge is -2.16. The van der Waals surface area contributed by atoms with Crippen molar-refractivity contribution in [1.29, 1.82) is 0 Å². The molecule has 0 unspecified atom stereocenters. The smallest absolute Gasteiger partial charge is 0.307 e. The van der Waals surface area contributed by atoms with Crippen molar-refractivity contribution in [1.82, 2.24) is 10.6 Å². The predicted octanol–water partition coefficient (Wildman–Crippen LogP) is 5.19. The maximum atomic E-state index is 12.5. The van der Waals surface area contributed by atoms with E-state index < -0.39 is 0 Å². The zero-order valence-corrected chi connectivity index (χ0v) is 14.7. The van der Waals surface area contributed by atoms with Gasteiger partial charge in [-0.15, -0.1) is 0 Å². The molecule has 0 atom stereocenters. The minimum Gasteiger partial charge on any atom is -0.307 e. The molecule has 2 amide bonds. The minimum absolute atomic E-state index is 0.241. The van der Waals surface area contributed by atoms with E-state index in [2.05, 4.69) is 10.6 Å². The number of rotatable bonds is 4. The molecule has 3 nitrogen and oxygen atoms in total. The number of hydrogen-bond acceptors (Lipinski definition) is 1. The summed E-state index contributed by atoms with van der Waals surface area (Å²) in [6.45, 7) is 7.95. The van der Waals surface area contributed by atoms with Gasteiger partial charge in [-0.3, -0.25) is 0 Å². The van der Waals surface area contributed by atoms with Gasteiger partial charge in [0.05, 0.1) is 0 Å². The van der Waals surface area contributed by atoms with Gasteiger partial charge in [-0.2, -0.15) is 0 Å². The summed E-state index contributed by atoms with van der Waals surface area (Å²) in [6, 6.07) is 19.5. The third kappa shape index (κ3) is 4.59. The normalized spacial score (nSPS) is 9.83. The summed E-state index contributed by atoms with van der Waals surface area (Å²) < 4.78 is 0. The van der Waals surface area contributed by atoms with Crippen molar-refractivity contribution >= 4 is 17.4 Å². The summed E-state index contributed by atoms with van der Waals surface area (Å²) in [5.74, 6) is 0. The van der Waals surface area contributed by atoms with Crippen LogP contribution in [0.15, 0.2) is 71.8 Å². The molecule has 2 rings (SSSR count). The molecular weight excluding hydrogens is 296 g/mol. The number of carbonyl (C=O) groups excluding carboxylic acids is 1. The van der Waals surface area contributed by atoms with Gasteiger partial charge in [0.2, 0.25) is 0 Å². The van der Waals surface area contributed by atoms with E-state index in [0.29, 0.717) is 0 Å². The molecule has 0 spiro atoms. The van der Waals surface area contributed by atoms with Crippen molar-refractivity contribution in [3.05, 3.63) is 82.9 Å². The van der Waals surface area contributed by atoms with E-state index in [4.69, 9.17) is 0 Å². The van der Waals surface area contributed by atoms with E-state index in [-0.39, 0.29) is 6.03 Å². The molecule has 0 saturated heterocycles. The predicted molar refractivity (Wildman–Crippen MR) is 101 cm³/mol. The number of urea groups is 1. The summed E-state index contributed by atoms with van der Waals surface area (Å²) in [4.78, 5) is 12.5. The highest BCUT2D eigenvalue weighted by atomic mass is 16.2. The fourth-order valence-electron chi connectivity index (χ4n) is 2.44. The Morgan fingerprint density at radius 2 is 0.958 bits per heavy atom. The van der Waals surface area contributed by atoms with Crippen LogP contribution >= 0.6 is 0 Å². The molecule has 0 aliphatic rings. The average Bonchev–Trinajstić information content (AvgIpc) is 2.58. The maximum Gasteiger partial charge on any atom is 0.323 e. The molecule has 2 aromatic carbocycles. The van der Waals surface area contributed by atoms with Crippen LogP contribution in [0.3, 0.4) is 0 Å². The highest BCUT2D eigenvalue weighted by Gasteiger charge is 2.11. The van der Waals surface area contributed by atoms with Crippen molar-refractivity contribution in [3.63, 3.8) is 0 Å². The average molecular weight is 320 g/mol. The lowest BCUT2D eigenvalue weighted by Crippen LogP contribution is -2.34. The highest BCUT2D eigenvalue weighted by molar-refractivity contribution is 5.92. The standard InChI is InChI=1S/C21H24N2O/c1-15(2)19(17-11-7-5-8-12-17)22-21(24)23-20(16(3)4)18-13-9-6-10-14-18/h5-14H,1-4H3,(H2,22,23,24). The molecular formula is C21H24N2O. The summed E-state index contributed by atoms with van der Waals surface area (Å²) in [5.41, 5.74) is 5.74. The van der Waals surface area contributed by atoms with Crippen LogP contribution in [0.5, 0.6) is 0 Å². The zero-order chi connectivity index (χ0) is 17.5. The lowest BCUT2D eigenvalue weighted by molar-refractivity contribution is 0.248. The molecule has 3 heteroatoms. The monoisotopic (exact) mass is 320 g/mol. The number of nitrogens with one attached hydrogen (secondary N) is 2. The molecule has 24 heavy (non-hydrogen) atoms. The van der Waals surface area contributed by atoms with Crippen molar-refractivity contribution in [2.24, 2.45) is 0 Å². The van der Waals surface area contributed by atoms with Gasteiger partial charge < -0.3 is 10.6 Å². The van der Waals surface area contributed by atoms with Gasteiger partial charge in [-0.25, -0.2) is 4.79 Å². The SMILES string of the molecule is CC(C)=C(NC(=O)NC(=C(C)C)c1ccccc1)c1ccccc1. The molecule has 0 aliphatic carbocycles. The van der Waals surface area contributed by atoms with Gasteiger partial charge in [0.1, 0.15) is 0 Å². The Balaban J connectivity index is 2.20. The van der Waals surface area contributed by atoms with E-state index >= 15 is 0 Å². The van der Waals surface area contributed by atoms with Crippen molar-refractivity contribution < 1.29 is 4.79 Å². The van der Waals surface area contributed by atoms with Gasteiger partial charge >= 0.3 is 6.03 Å². The molecule has 124 valence electrons. The van der Waals surface area contributed by atoms with E-state index in [9.17, 15) is 4.79 Å². The molecule has 0 bridgehead atoms. The first-order valence-electron chi connectivity index (χ1n) is 8.03. The second kappa shape index (κ2) is 8.16. The number of allylic oxidation sites excluding steroid dienone is 2. The van der Waals surface area contributed by atoms with E-state index in [1.807, 2.05) is 88.4 Å². The Labute approximate surface area is 144 Å². The first-order chi connectivity index (χ1) is 11.5. The van der Waals surface area contributed by atoms with E-state index in [1.54, 1.807) is 0 Å². The topological polar surface area (TPSA) is 41.1 Å². The molecule has 0 aliphatic heterocycles. The highest BCUT2D eigenvalue weighted by Crippen LogP contribution is 2.17. The summed E-state index contributed by atoms with van der Waals surface area (Å²) in [6.07, 6.45) is 0. The molecule has 2 aromatic rings. The van der Waals surface area contributed by atoms with Crippen LogP contribution in [0.25, 0.3) is 11.4 Å². The van der Waals surface area contributed by atoms with Crippen LogP contribution in [0.4, 0.5) is 4.79 Å². The van der Waals surface area contributed by atoms with Gasteiger partial charge in [-0.1, -0.05) is 71.8 Å². The van der Waals surface area contributed by atoms with Crippen LogP contribution in [0.2, 0.25) is 0 Å². The Kier molecular flexibility index (Phi) is 5.96. The molecule has 0 heterocycles. The Hall–Kier alpha value is -2.81. The van der Waals surface area contributed by atoms with Crippen LogP contribution in [-0.4, -0.2) is 6.03 Å². The molecule has 0 radical (unpaired) electrons. The zero-order valence-electron chi connectivity index (χ0n) is 14.7. The third-order valence-electron chi connectivity index (χ3n) is 3.60. The molecule has 0 saturated carbocycles. The van der Waals surface area contributed by atoms with Crippen molar-refractivity contribution in [2.75, 3.05) is 0 Å². The van der Waals surface area contributed by atoms with Gasteiger partial charge in [0.15, 0.2) is 0 Å². The first-order valence-corrected chi connectivity index (χ1v) is 8.03. The summed E-state index contributed by atoms with van der Waals surface area (Å²) in [7, 11) is 0. The quantitative estimate of drug-likeness (QED) is 0.800.